The first-order valence-electron chi connectivity index (χ1n) is 5.19. The van der Waals surface area contributed by atoms with E-state index in [1.54, 1.807) is 18.3 Å². The predicted octanol–water partition coefficient (Wildman–Crippen LogP) is 2.74. The second kappa shape index (κ2) is 4.23. The van der Waals surface area contributed by atoms with E-state index in [0.717, 1.165) is 5.69 Å². The highest BCUT2D eigenvalue weighted by molar-refractivity contribution is 5.59. The predicted molar refractivity (Wildman–Crippen MR) is 66.3 cm³/mol. The molecule has 2 aromatic rings. The molecule has 0 atom stereocenters. The minimum absolute atomic E-state index is 0.110. The lowest BCUT2D eigenvalue weighted by molar-refractivity contribution is 1.23. The number of aromatic amines is 1. The molecule has 0 aliphatic heterocycles. The summed E-state index contributed by atoms with van der Waals surface area (Å²) in [5.41, 5.74) is 3.83. The van der Waals surface area contributed by atoms with Gasteiger partial charge in [0.05, 0.1) is 0 Å². The number of aromatic nitrogens is 1. The highest BCUT2D eigenvalue weighted by Crippen LogP contribution is 2.16. The second-order valence-corrected chi connectivity index (χ2v) is 3.84. The first-order chi connectivity index (χ1) is 7.66. The summed E-state index contributed by atoms with van der Waals surface area (Å²) in [7, 11) is 0. The monoisotopic (exact) mass is 214 g/mol. The van der Waals surface area contributed by atoms with Gasteiger partial charge in [-0.2, -0.15) is 0 Å². The number of rotatable bonds is 2. The van der Waals surface area contributed by atoms with Gasteiger partial charge in [0.15, 0.2) is 0 Å². The number of aryl methyl sites for hydroxylation is 2. The fourth-order valence-corrected chi connectivity index (χ4v) is 1.49. The first-order valence-corrected chi connectivity index (χ1v) is 5.19. The van der Waals surface area contributed by atoms with E-state index in [4.69, 9.17) is 0 Å². The van der Waals surface area contributed by atoms with Gasteiger partial charge in [-0.3, -0.25) is 4.79 Å². The molecule has 1 aromatic carbocycles. The first kappa shape index (κ1) is 10.5. The molecule has 0 aliphatic rings. The van der Waals surface area contributed by atoms with Gasteiger partial charge in [-0.15, -0.1) is 0 Å². The molecule has 2 rings (SSSR count). The number of H-pyrrole nitrogens is 1. The molecule has 0 saturated carbocycles. The van der Waals surface area contributed by atoms with E-state index >= 15 is 0 Å². The molecule has 1 heterocycles. The van der Waals surface area contributed by atoms with Crippen molar-refractivity contribution < 1.29 is 0 Å². The SMILES string of the molecule is Cc1ccc(Nc2ccc[nH]c2=O)cc1C. The Morgan fingerprint density at radius 2 is 1.94 bits per heavy atom. The number of hydrogen-bond donors (Lipinski definition) is 2. The number of hydrogen-bond acceptors (Lipinski definition) is 2. The molecule has 0 aliphatic carbocycles. The van der Waals surface area contributed by atoms with Crippen LogP contribution in [0.5, 0.6) is 0 Å². The summed E-state index contributed by atoms with van der Waals surface area (Å²) in [4.78, 5) is 14.1. The number of anilines is 2. The summed E-state index contributed by atoms with van der Waals surface area (Å²) in [5.74, 6) is 0. The molecule has 0 bridgehead atoms. The molecule has 1 aromatic heterocycles. The standard InChI is InChI=1S/C13H14N2O/c1-9-5-6-11(8-10(9)2)15-12-4-3-7-14-13(12)16/h3-8,15H,1-2H3,(H,14,16). The average molecular weight is 214 g/mol. The quantitative estimate of drug-likeness (QED) is 0.807. The maximum atomic E-state index is 11.5. The van der Waals surface area contributed by atoms with Crippen LogP contribution in [0.15, 0.2) is 41.3 Å². The summed E-state index contributed by atoms with van der Waals surface area (Å²) in [6.45, 7) is 4.12. The largest absolute Gasteiger partial charge is 0.351 e. The molecule has 0 saturated heterocycles. The van der Waals surface area contributed by atoms with E-state index in [0.29, 0.717) is 5.69 Å². The third-order valence-electron chi connectivity index (χ3n) is 2.60. The van der Waals surface area contributed by atoms with Crippen molar-refractivity contribution in [1.82, 2.24) is 4.98 Å². The number of benzene rings is 1. The van der Waals surface area contributed by atoms with Crippen molar-refractivity contribution in [3.63, 3.8) is 0 Å². The average Bonchev–Trinajstić information content (AvgIpc) is 2.27. The van der Waals surface area contributed by atoms with E-state index in [1.807, 2.05) is 18.2 Å². The zero-order valence-corrected chi connectivity index (χ0v) is 9.37. The van der Waals surface area contributed by atoms with Crippen molar-refractivity contribution >= 4 is 11.4 Å². The van der Waals surface area contributed by atoms with E-state index in [-0.39, 0.29) is 5.56 Å². The molecular formula is C13H14N2O. The van der Waals surface area contributed by atoms with E-state index < -0.39 is 0 Å². The molecule has 0 fully saturated rings. The molecule has 82 valence electrons. The van der Waals surface area contributed by atoms with Crippen LogP contribution in [0.2, 0.25) is 0 Å². The molecule has 0 unspecified atom stereocenters. The van der Waals surface area contributed by atoms with Gasteiger partial charge in [-0.25, -0.2) is 0 Å². The van der Waals surface area contributed by atoms with E-state index in [9.17, 15) is 4.79 Å². The molecule has 3 heteroatoms. The normalized spacial score (nSPS) is 10.1. The topological polar surface area (TPSA) is 44.9 Å². The Labute approximate surface area is 94.1 Å². The number of pyridine rings is 1. The zero-order valence-electron chi connectivity index (χ0n) is 9.37. The Morgan fingerprint density at radius 1 is 1.12 bits per heavy atom. The molecular weight excluding hydrogens is 200 g/mol. The smallest absolute Gasteiger partial charge is 0.271 e. The van der Waals surface area contributed by atoms with Crippen molar-refractivity contribution in [3.05, 3.63) is 58.0 Å². The van der Waals surface area contributed by atoms with Crippen LogP contribution in [0, 0.1) is 13.8 Å². The zero-order chi connectivity index (χ0) is 11.5. The fourth-order valence-electron chi connectivity index (χ4n) is 1.49. The van der Waals surface area contributed by atoms with Crippen LogP contribution in [0.4, 0.5) is 11.4 Å². The molecule has 16 heavy (non-hydrogen) atoms. The molecule has 2 N–H and O–H groups in total. The molecule has 0 amide bonds. The molecule has 0 radical (unpaired) electrons. The highest BCUT2D eigenvalue weighted by Gasteiger charge is 1.99. The van der Waals surface area contributed by atoms with Gasteiger partial charge in [0.25, 0.3) is 5.56 Å². The highest BCUT2D eigenvalue weighted by atomic mass is 16.1. The summed E-state index contributed by atoms with van der Waals surface area (Å²) in [6.07, 6.45) is 1.62. The van der Waals surface area contributed by atoms with E-state index in [1.165, 1.54) is 11.1 Å². The maximum absolute atomic E-state index is 11.5. The minimum Gasteiger partial charge on any atom is -0.351 e. The Hall–Kier alpha value is -2.03. The van der Waals surface area contributed by atoms with Crippen LogP contribution in [0.25, 0.3) is 0 Å². The Morgan fingerprint density at radius 3 is 2.62 bits per heavy atom. The van der Waals surface area contributed by atoms with Crippen LogP contribution in [-0.2, 0) is 0 Å². The van der Waals surface area contributed by atoms with Crippen molar-refractivity contribution in [3.8, 4) is 0 Å². The third-order valence-corrected chi connectivity index (χ3v) is 2.60. The lowest BCUT2D eigenvalue weighted by atomic mass is 10.1. The second-order valence-electron chi connectivity index (χ2n) is 3.84. The number of nitrogens with one attached hydrogen (secondary N) is 2. The van der Waals surface area contributed by atoms with Gasteiger partial charge in [-0.05, 0) is 49.2 Å². The summed E-state index contributed by atoms with van der Waals surface area (Å²) in [6, 6.07) is 9.59. The van der Waals surface area contributed by atoms with Gasteiger partial charge < -0.3 is 10.3 Å². The van der Waals surface area contributed by atoms with Gasteiger partial charge in [-0.1, -0.05) is 6.07 Å². The van der Waals surface area contributed by atoms with Gasteiger partial charge in [0.2, 0.25) is 0 Å². The van der Waals surface area contributed by atoms with Crippen LogP contribution in [-0.4, -0.2) is 4.98 Å². The summed E-state index contributed by atoms with van der Waals surface area (Å²) >= 11 is 0. The maximum Gasteiger partial charge on any atom is 0.271 e. The van der Waals surface area contributed by atoms with Crippen LogP contribution in [0.3, 0.4) is 0 Å². The lowest BCUT2D eigenvalue weighted by Crippen LogP contribution is -2.09. The van der Waals surface area contributed by atoms with Crippen molar-refractivity contribution in [1.29, 1.82) is 0 Å². The van der Waals surface area contributed by atoms with Crippen LogP contribution in [0.1, 0.15) is 11.1 Å². The van der Waals surface area contributed by atoms with Crippen LogP contribution < -0.4 is 10.9 Å². The molecule has 0 spiro atoms. The minimum atomic E-state index is -0.110. The van der Waals surface area contributed by atoms with Crippen molar-refractivity contribution in [2.75, 3.05) is 5.32 Å². The lowest BCUT2D eigenvalue weighted by Gasteiger charge is -2.07. The third kappa shape index (κ3) is 2.14. The van der Waals surface area contributed by atoms with Gasteiger partial charge >= 0.3 is 0 Å². The van der Waals surface area contributed by atoms with Crippen molar-refractivity contribution in [2.24, 2.45) is 0 Å². The summed E-state index contributed by atoms with van der Waals surface area (Å²) in [5, 5.41) is 3.10. The Balaban J connectivity index is 2.31. The fraction of sp³-hybridized carbons (Fsp3) is 0.154. The van der Waals surface area contributed by atoms with Crippen molar-refractivity contribution in [2.45, 2.75) is 13.8 Å². The Bertz CT molecular complexity index is 558. The van der Waals surface area contributed by atoms with E-state index in [2.05, 4.69) is 24.1 Å². The molecule has 3 nitrogen and oxygen atoms in total. The van der Waals surface area contributed by atoms with Gasteiger partial charge in [0, 0.05) is 11.9 Å². The van der Waals surface area contributed by atoms with Crippen LogP contribution >= 0.6 is 0 Å². The Kier molecular flexibility index (Phi) is 2.77. The summed E-state index contributed by atoms with van der Waals surface area (Å²) < 4.78 is 0. The van der Waals surface area contributed by atoms with Gasteiger partial charge in [0.1, 0.15) is 5.69 Å².